The first-order valence-corrected chi connectivity index (χ1v) is 10.7. The van der Waals surface area contributed by atoms with Gasteiger partial charge < -0.3 is 15.7 Å². The number of thiazole rings is 1. The monoisotopic (exact) mass is 437 g/mol. The molecular formula is C23H23N3O4S. The molecule has 0 saturated heterocycles. The quantitative estimate of drug-likeness (QED) is 0.544. The molecule has 7 nitrogen and oxygen atoms in total. The second kappa shape index (κ2) is 7.46. The maximum Gasteiger partial charge on any atom is 0.310 e. The van der Waals surface area contributed by atoms with Gasteiger partial charge in [0.15, 0.2) is 5.13 Å². The summed E-state index contributed by atoms with van der Waals surface area (Å²) in [5.74, 6) is -2.08. The van der Waals surface area contributed by atoms with Gasteiger partial charge in [-0.2, -0.15) is 0 Å². The Hall–Kier alpha value is -3.26. The SMILES string of the molecule is Cc1cc(C)c(NC(=O)c2ccc3nc(NC(=O)C4CC4(C)C(=O)O)sc3c2)c(C)c1. The van der Waals surface area contributed by atoms with Gasteiger partial charge in [-0.25, -0.2) is 4.98 Å². The third-order valence-electron chi connectivity index (χ3n) is 5.84. The second-order valence-electron chi connectivity index (χ2n) is 8.40. The molecule has 2 atom stereocenters. The average Bonchev–Trinajstić information content (AvgIpc) is 3.24. The number of aliphatic carboxylic acids is 1. The van der Waals surface area contributed by atoms with Crippen molar-refractivity contribution in [1.29, 1.82) is 0 Å². The summed E-state index contributed by atoms with van der Waals surface area (Å²) in [5.41, 5.74) is 4.11. The van der Waals surface area contributed by atoms with E-state index < -0.39 is 17.3 Å². The number of carbonyl (C=O) groups excluding carboxylic acids is 2. The zero-order chi connectivity index (χ0) is 22.5. The van der Waals surface area contributed by atoms with Gasteiger partial charge in [0.1, 0.15) is 0 Å². The van der Waals surface area contributed by atoms with E-state index in [0.717, 1.165) is 27.1 Å². The first-order valence-electron chi connectivity index (χ1n) is 9.92. The van der Waals surface area contributed by atoms with E-state index in [9.17, 15) is 19.5 Å². The Labute approximate surface area is 183 Å². The van der Waals surface area contributed by atoms with Gasteiger partial charge in [0.2, 0.25) is 5.91 Å². The molecule has 1 saturated carbocycles. The molecule has 1 aromatic heterocycles. The average molecular weight is 438 g/mol. The number of fused-ring (bicyclic) bond motifs is 1. The fourth-order valence-electron chi connectivity index (χ4n) is 3.86. The number of carbonyl (C=O) groups is 3. The van der Waals surface area contributed by atoms with Gasteiger partial charge in [-0.1, -0.05) is 29.0 Å². The number of aromatic nitrogens is 1. The highest BCUT2D eigenvalue weighted by molar-refractivity contribution is 7.22. The Balaban J connectivity index is 1.51. The lowest BCUT2D eigenvalue weighted by Crippen LogP contribution is -2.22. The van der Waals surface area contributed by atoms with Gasteiger partial charge in [-0.3, -0.25) is 14.4 Å². The van der Waals surface area contributed by atoms with Crippen molar-refractivity contribution in [3.8, 4) is 0 Å². The molecule has 2 aromatic carbocycles. The van der Waals surface area contributed by atoms with Crippen LogP contribution in [0.2, 0.25) is 0 Å². The van der Waals surface area contributed by atoms with Crippen LogP contribution in [0.15, 0.2) is 30.3 Å². The number of nitrogens with zero attached hydrogens (tertiary/aromatic N) is 1. The fourth-order valence-corrected chi connectivity index (χ4v) is 4.77. The summed E-state index contributed by atoms with van der Waals surface area (Å²) in [6, 6.07) is 9.24. The van der Waals surface area contributed by atoms with Crippen LogP contribution in [-0.4, -0.2) is 27.9 Å². The van der Waals surface area contributed by atoms with Crippen LogP contribution in [0.1, 0.15) is 40.4 Å². The van der Waals surface area contributed by atoms with Crippen molar-refractivity contribution in [2.75, 3.05) is 10.6 Å². The summed E-state index contributed by atoms with van der Waals surface area (Å²) in [6.07, 6.45) is 0.321. The summed E-state index contributed by atoms with van der Waals surface area (Å²) >= 11 is 1.25. The number of anilines is 2. The predicted molar refractivity (Wildman–Crippen MR) is 121 cm³/mol. The lowest BCUT2D eigenvalue weighted by Gasteiger charge is -2.12. The molecule has 0 bridgehead atoms. The van der Waals surface area contributed by atoms with E-state index in [1.807, 2.05) is 32.9 Å². The highest BCUT2D eigenvalue weighted by atomic mass is 32.1. The zero-order valence-electron chi connectivity index (χ0n) is 17.7. The number of hydrogen-bond acceptors (Lipinski definition) is 5. The van der Waals surface area contributed by atoms with Crippen LogP contribution in [0.3, 0.4) is 0 Å². The van der Waals surface area contributed by atoms with Crippen molar-refractivity contribution in [1.82, 2.24) is 4.98 Å². The highest BCUT2D eigenvalue weighted by Crippen LogP contribution is 2.52. The number of rotatable bonds is 5. The molecule has 8 heteroatoms. The van der Waals surface area contributed by atoms with E-state index in [1.165, 1.54) is 11.3 Å². The molecule has 3 N–H and O–H groups in total. The lowest BCUT2D eigenvalue weighted by atomic mass is 10.0. The topological polar surface area (TPSA) is 108 Å². The van der Waals surface area contributed by atoms with Crippen LogP contribution in [0.5, 0.6) is 0 Å². The van der Waals surface area contributed by atoms with Gasteiger partial charge in [-0.05, 0) is 63.4 Å². The predicted octanol–water partition coefficient (Wildman–Crippen LogP) is 4.52. The molecule has 1 heterocycles. The molecule has 1 aliphatic carbocycles. The highest BCUT2D eigenvalue weighted by Gasteiger charge is 2.60. The second-order valence-corrected chi connectivity index (χ2v) is 9.43. The molecule has 31 heavy (non-hydrogen) atoms. The van der Waals surface area contributed by atoms with Crippen LogP contribution in [0.25, 0.3) is 10.2 Å². The van der Waals surface area contributed by atoms with Crippen LogP contribution in [0, 0.1) is 32.1 Å². The third kappa shape index (κ3) is 3.90. The lowest BCUT2D eigenvalue weighted by molar-refractivity contribution is -0.144. The smallest absolute Gasteiger partial charge is 0.310 e. The van der Waals surface area contributed by atoms with E-state index in [2.05, 4.69) is 15.6 Å². The molecule has 4 rings (SSSR count). The Morgan fingerprint density at radius 1 is 1.10 bits per heavy atom. The standard InChI is InChI=1S/C23H23N3O4S/c1-11-7-12(2)18(13(3)8-11)25-19(27)14-5-6-16-17(9-14)31-22(24-16)26-20(28)15-10-23(15,4)21(29)30/h5-9,15H,10H2,1-4H3,(H,25,27)(H,29,30)(H,24,26,28). The van der Waals surface area contributed by atoms with Crippen LogP contribution in [0.4, 0.5) is 10.8 Å². The minimum Gasteiger partial charge on any atom is -0.481 e. The molecule has 1 aliphatic rings. The van der Waals surface area contributed by atoms with Crippen molar-refractivity contribution >= 4 is 50.2 Å². The maximum atomic E-state index is 12.8. The van der Waals surface area contributed by atoms with E-state index in [4.69, 9.17) is 0 Å². The van der Waals surface area contributed by atoms with Crippen molar-refractivity contribution in [2.24, 2.45) is 11.3 Å². The number of carboxylic acid groups (broad SMARTS) is 1. The van der Waals surface area contributed by atoms with E-state index >= 15 is 0 Å². The molecule has 2 unspecified atom stereocenters. The molecule has 0 aliphatic heterocycles. The first kappa shape index (κ1) is 21.0. The van der Waals surface area contributed by atoms with Crippen LogP contribution >= 0.6 is 11.3 Å². The minimum atomic E-state index is -1.00. The Bertz CT molecular complexity index is 1230. The first-order chi connectivity index (χ1) is 14.6. The molecule has 2 amide bonds. The summed E-state index contributed by atoms with van der Waals surface area (Å²) in [4.78, 5) is 40.8. The molecule has 0 radical (unpaired) electrons. The van der Waals surface area contributed by atoms with Crippen molar-refractivity contribution < 1.29 is 19.5 Å². The van der Waals surface area contributed by atoms with E-state index in [-0.39, 0.29) is 11.8 Å². The normalized spacial score (nSPS) is 19.8. The zero-order valence-corrected chi connectivity index (χ0v) is 18.5. The maximum absolute atomic E-state index is 12.8. The van der Waals surface area contributed by atoms with Crippen molar-refractivity contribution in [2.45, 2.75) is 34.1 Å². The summed E-state index contributed by atoms with van der Waals surface area (Å²) in [7, 11) is 0. The Morgan fingerprint density at radius 2 is 1.77 bits per heavy atom. The van der Waals surface area contributed by atoms with Crippen molar-refractivity contribution in [3.63, 3.8) is 0 Å². The number of amides is 2. The van der Waals surface area contributed by atoms with Crippen molar-refractivity contribution in [3.05, 3.63) is 52.6 Å². The molecule has 1 fully saturated rings. The summed E-state index contributed by atoms with van der Waals surface area (Å²) in [6.45, 7) is 7.52. The molecule has 160 valence electrons. The molecule has 3 aromatic rings. The van der Waals surface area contributed by atoms with E-state index in [0.29, 0.717) is 22.6 Å². The van der Waals surface area contributed by atoms with Crippen LogP contribution in [-0.2, 0) is 9.59 Å². The third-order valence-corrected chi connectivity index (χ3v) is 6.77. The van der Waals surface area contributed by atoms with Gasteiger partial charge in [0.05, 0.1) is 21.5 Å². The van der Waals surface area contributed by atoms with Gasteiger partial charge in [0.25, 0.3) is 5.91 Å². The number of aryl methyl sites for hydroxylation is 3. The van der Waals surface area contributed by atoms with Crippen LogP contribution < -0.4 is 10.6 Å². The number of benzene rings is 2. The number of nitrogens with one attached hydrogen (secondary N) is 2. The van der Waals surface area contributed by atoms with Gasteiger partial charge >= 0.3 is 5.97 Å². The Morgan fingerprint density at radius 3 is 2.39 bits per heavy atom. The van der Waals surface area contributed by atoms with Gasteiger partial charge in [-0.15, -0.1) is 0 Å². The largest absolute Gasteiger partial charge is 0.481 e. The summed E-state index contributed by atoms with van der Waals surface area (Å²) in [5, 5.41) is 15.3. The molecule has 0 spiro atoms. The Kier molecular flexibility index (Phi) is 5.05. The fraction of sp³-hybridized carbons (Fsp3) is 0.304. The number of hydrogen-bond donors (Lipinski definition) is 3. The van der Waals surface area contributed by atoms with E-state index in [1.54, 1.807) is 25.1 Å². The van der Waals surface area contributed by atoms with Gasteiger partial charge in [0, 0.05) is 11.3 Å². The summed E-state index contributed by atoms with van der Waals surface area (Å²) < 4.78 is 0.761. The minimum absolute atomic E-state index is 0.217. The molecular weight excluding hydrogens is 414 g/mol. The number of carboxylic acids is 1.